The van der Waals surface area contributed by atoms with Crippen LogP contribution in [0, 0.1) is 0 Å². The van der Waals surface area contributed by atoms with Crippen molar-refractivity contribution in [2.24, 2.45) is 0 Å². The first-order valence-electron chi connectivity index (χ1n) is 15.0. The van der Waals surface area contributed by atoms with Gasteiger partial charge >= 0.3 is 19.8 Å². The number of aliphatic hydroxyl groups excluding tert-OH is 5. The van der Waals surface area contributed by atoms with Gasteiger partial charge in [0.25, 0.3) is 0 Å². The number of hydrogen-bond acceptors (Lipinski definition) is 12. The molecule has 0 heterocycles. The summed E-state index contributed by atoms with van der Waals surface area (Å²) in [7, 11) is -5.09. The molecule has 14 heteroatoms. The molecule has 1 aliphatic carbocycles. The molecule has 6 unspecified atom stereocenters. The summed E-state index contributed by atoms with van der Waals surface area (Å²) in [6, 6.07) is 0. The lowest BCUT2D eigenvalue weighted by atomic mass is 9.85. The Labute approximate surface area is 264 Å². The van der Waals surface area contributed by atoms with E-state index in [-0.39, 0.29) is 6.42 Å². The number of rotatable bonds is 21. The van der Waals surface area contributed by atoms with Gasteiger partial charge in [-0.1, -0.05) is 67.7 Å². The van der Waals surface area contributed by atoms with Gasteiger partial charge in [0.2, 0.25) is 0 Å². The largest absolute Gasteiger partial charge is 0.472 e. The molecule has 0 radical (unpaired) electrons. The van der Waals surface area contributed by atoms with Gasteiger partial charge in [-0.2, -0.15) is 0 Å². The fraction of sp³-hybridized carbons (Fsp3) is 0.613. The smallest absolute Gasteiger partial charge is 0.462 e. The molecule has 0 aliphatic heterocycles. The molecule has 256 valence electrons. The van der Waals surface area contributed by atoms with E-state index in [0.717, 1.165) is 39.0 Å². The molecule has 0 spiro atoms. The second-order valence-electron chi connectivity index (χ2n) is 10.3. The molecule has 0 aromatic carbocycles. The van der Waals surface area contributed by atoms with E-state index in [1.54, 1.807) is 0 Å². The lowest BCUT2D eigenvalue weighted by Crippen LogP contribution is -2.64. The minimum Gasteiger partial charge on any atom is -0.462 e. The quantitative estimate of drug-likeness (QED) is 0.0453. The number of allylic oxidation sites excluding steroid dienone is 10. The third-order valence-electron chi connectivity index (χ3n) is 6.43. The van der Waals surface area contributed by atoms with Crippen molar-refractivity contribution in [2.75, 3.05) is 13.2 Å². The number of hydrogen-bond donors (Lipinski definition) is 6. The van der Waals surface area contributed by atoms with Gasteiger partial charge < -0.3 is 39.9 Å². The summed E-state index contributed by atoms with van der Waals surface area (Å²) in [6.07, 6.45) is 13.2. The molecule has 13 nitrogen and oxygen atoms in total. The SMILES string of the molecule is CC/C=C\C/C=C\C/C=C\C/C=C\C/C=C\CCCC(=O)OC(COC(C)=O)COP(=O)(O)OC1C(O)C(O)C(O)C(O)C1O. The van der Waals surface area contributed by atoms with E-state index in [0.29, 0.717) is 12.8 Å². The molecule has 0 saturated heterocycles. The first-order chi connectivity index (χ1) is 21.4. The van der Waals surface area contributed by atoms with Gasteiger partial charge in [-0.25, -0.2) is 4.57 Å². The van der Waals surface area contributed by atoms with Crippen LogP contribution < -0.4 is 0 Å². The van der Waals surface area contributed by atoms with Crippen LogP contribution in [0.4, 0.5) is 0 Å². The van der Waals surface area contributed by atoms with E-state index in [1.807, 2.05) is 18.2 Å². The molecule has 1 saturated carbocycles. The first kappa shape index (κ1) is 40.6. The van der Waals surface area contributed by atoms with Gasteiger partial charge in [0, 0.05) is 13.3 Å². The maximum atomic E-state index is 12.4. The number of unbranched alkanes of at least 4 members (excludes halogenated alkanes) is 1. The summed E-state index contributed by atoms with van der Waals surface area (Å²) in [6.45, 7) is 1.96. The zero-order chi connectivity index (χ0) is 33.7. The molecular formula is C31H49O13P. The van der Waals surface area contributed by atoms with Gasteiger partial charge in [0.1, 0.15) is 43.2 Å². The maximum Gasteiger partial charge on any atom is 0.472 e. The minimum absolute atomic E-state index is 0.0106. The third kappa shape index (κ3) is 17.7. The van der Waals surface area contributed by atoms with Gasteiger partial charge in [-0.3, -0.25) is 18.6 Å². The molecule has 6 atom stereocenters. The monoisotopic (exact) mass is 660 g/mol. The molecule has 0 aromatic heterocycles. The van der Waals surface area contributed by atoms with Crippen LogP contribution in [0.5, 0.6) is 0 Å². The van der Waals surface area contributed by atoms with E-state index in [2.05, 4.69) is 49.5 Å². The van der Waals surface area contributed by atoms with Gasteiger partial charge in [-0.15, -0.1) is 0 Å². The first-order valence-corrected chi connectivity index (χ1v) is 16.5. The molecular weight excluding hydrogens is 611 g/mol. The lowest BCUT2D eigenvalue weighted by Gasteiger charge is -2.41. The Kier molecular flexibility index (Phi) is 20.7. The average Bonchev–Trinajstić information content (AvgIpc) is 3.00. The lowest BCUT2D eigenvalue weighted by molar-refractivity contribution is -0.220. The molecule has 0 amide bonds. The van der Waals surface area contributed by atoms with E-state index in [1.165, 1.54) is 0 Å². The summed E-state index contributed by atoms with van der Waals surface area (Å²) < 4.78 is 32.0. The average molecular weight is 661 g/mol. The van der Waals surface area contributed by atoms with Crippen molar-refractivity contribution < 1.29 is 63.1 Å². The molecule has 1 rings (SSSR count). The van der Waals surface area contributed by atoms with Gasteiger partial charge in [0.05, 0.1) is 6.61 Å². The standard InChI is InChI=1S/C31H49O13P/c1-3-4-5-6-7-8-9-10-11-12-13-14-15-16-17-18-19-20-25(33)43-24(21-41-23(2)32)22-42-45(39,40)44-31-29(37)27(35)26(34)28(36)30(31)38/h4-5,7-8,10-11,13-14,16-17,24,26-31,34-38H,3,6,9,12,15,18-22H2,1-2H3,(H,39,40)/b5-4-,8-7-,11-10-,14-13-,17-16-. The minimum atomic E-state index is -5.09. The van der Waals surface area contributed by atoms with Crippen molar-refractivity contribution in [2.45, 2.75) is 108 Å². The summed E-state index contributed by atoms with van der Waals surface area (Å²) in [5.74, 6) is -1.37. The van der Waals surface area contributed by atoms with E-state index in [9.17, 15) is 44.6 Å². The summed E-state index contributed by atoms with van der Waals surface area (Å²) in [5.41, 5.74) is 0. The normalized spacial score (nSPS) is 26.3. The van der Waals surface area contributed by atoms with Crippen LogP contribution in [0.25, 0.3) is 0 Å². The highest BCUT2D eigenvalue weighted by atomic mass is 31.2. The number of aliphatic hydroxyl groups is 5. The van der Waals surface area contributed by atoms with Crippen molar-refractivity contribution in [3.8, 4) is 0 Å². The number of carbonyl (C=O) groups excluding carboxylic acids is 2. The highest BCUT2D eigenvalue weighted by molar-refractivity contribution is 7.47. The van der Waals surface area contributed by atoms with Crippen molar-refractivity contribution in [1.29, 1.82) is 0 Å². The zero-order valence-corrected chi connectivity index (χ0v) is 26.8. The predicted octanol–water partition coefficient (Wildman–Crippen LogP) is 2.70. The maximum absolute atomic E-state index is 12.4. The Morgan fingerprint density at radius 2 is 1.20 bits per heavy atom. The topological polar surface area (TPSA) is 210 Å². The Hall–Kier alpha value is -2.45. The number of phosphoric acid groups is 1. The van der Waals surface area contributed by atoms with E-state index in [4.69, 9.17) is 18.5 Å². The fourth-order valence-electron chi connectivity index (χ4n) is 3.99. The molecule has 6 N–H and O–H groups in total. The summed E-state index contributed by atoms with van der Waals surface area (Å²) in [4.78, 5) is 33.6. The second kappa shape index (κ2) is 23.0. The van der Waals surface area contributed by atoms with Gasteiger partial charge in [-0.05, 0) is 44.9 Å². The van der Waals surface area contributed by atoms with Crippen molar-refractivity contribution in [3.63, 3.8) is 0 Å². The highest BCUT2D eigenvalue weighted by Gasteiger charge is 2.51. The van der Waals surface area contributed by atoms with Crippen LogP contribution in [0.3, 0.4) is 0 Å². The molecule has 1 fully saturated rings. The van der Waals surface area contributed by atoms with Gasteiger partial charge in [0.15, 0.2) is 6.10 Å². The Balaban J connectivity index is 2.41. The zero-order valence-electron chi connectivity index (χ0n) is 25.9. The predicted molar refractivity (Wildman–Crippen MR) is 166 cm³/mol. The van der Waals surface area contributed by atoms with Crippen LogP contribution in [0.15, 0.2) is 60.8 Å². The number of ether oxygens (including phenoxy) is 2. The van der Waals surface area contributed by atoms with Crippen molar-refractivity contribution >= 4 is 19.8 Å². The second-order valence-corrected chi connectivity index (χ2v) is 11.7. The Bertz CT molecular complexity index is 1040. The van der Waals surface area contributed by atoms with Crippen LogP contribution in [-0.4, -0.2) is 98.3 Å². The van der Waals surface area contributed by atoms with E-state index < -0.39 is 75.7 Å². The summed E-state index contributed by atoms with van der Waals surface area (Å²) in [5, 5.41) is 49.2. The van der Waals surface area contributed by atoms with Crippen LogP contribution in [0.2, 0.25) is 0 Å². The van der Waals surface area contributed by atoms with Crippen LogP contribution >= 0.6 is 7.82 Å². The third-order valence-corrected chi connectivity index (χ3v) is 7.42. The highest BCUT2D eigenvalue weighted by Crippen LogP contribution is 2.47. The van der Waals surface area contributed by atoms with Crippen molar-refractivity contribution in [3.05, 3.63) is 60.8 Å². The molecule has 0 aromatic rings. The van der Waals surface area contributed by atoms with Crippen LogP contribution in [0.1, 0.15) is 65.2 Å². The molecule has 45 heavy (non-hydrogen) atoms. The molecule has 1 aliphatic rings. The van der Waals surface area contributed by atoms with Crippen LogP contribution in [-0.2, 0) is 32.7 Å². The van der Waals surface area contributed by atoms with Crippen molar-refractivity contribution in [1.82, 2.24) is 0 Å². The number of phosphoric ester groups is 1. The molecule has 0 bridgehead atoms. The Morgan fingerprint density at radius 3 is 1.69 bits per heavy atom. The fourth-order valence-corrected chi connectivity index (χ4v) is 4.96. The Morgan fingerprint density at radius 1 is 0.733 bits per heavy atom. The van der Waals surface area contributed by atoms with E-state index >= 15 is 0 Å². The summed E-state index contributed by atoms with van der Waals surface area (Å²) >= 11 is 0. The number of esters is 2. The number of carbonyl (C=O) groups is 2.